The Balaban J connectivity index is 2.11. The molecular formula is C14H15N3O2S. The fourth-order valence-corrected chi connectivity index (χ4v) is 2.84. The minimum absolute atomic E-state index is 0.771. The third-order valence-electron chi connectivity index (χ3n) is 3.07. The van der Waals surface area contributed by atoms with Gasteiger partial charge >= 0.3 is 0 Å². The first kappa shape index (κ1) is 12.9. The van der Waals surface area contributed by atoms with Gasteiger partial charge in [0.15, 0.2) is 0 Å². The zero-order valence-electron chi connectivity index (χ0n) is 11.6. The summed E-state index contributed by atoms with van der Waals surface area (Å²) in [5.74, 6) is 1.55. The van der Waals surface area contributed by atoms with Crippen molar-refractivity contribution in [2.45, 2.75) is 13.3 Å². The standard InChI is InChI=1S/C14H15N3O2S/c1-4-13-16-17-8-11(15-14(17)20-13)10-7-9(18-2)5-6-12(10)19-3/h5-8H,4H2,1-3H3. The van der Waals surface area contributed by atoms with Crippen LogP contribution in [0.4, 0.5) is 0 Å². The SMILES string of the molecule is CCc1nn2cc(-c3cc(OC)ccc3OC)nc2s1. The summed E-state index contributed by atoms with van der Waals surface area (Å²) in [6.45, 7) is 2.09. The normalized spacial score (nSPS) is 10.9. The minimum Gasteiger partial charge on any atom is -0.497 e. The lowest BCUT2D eigenvalue weighted by Gasteiger charge is -2.08. The van der Waals surface area contributed by atoms with Crippen molar-refractivity contribution in [2.24, 2.45) is 0 Å². The molecule has 0 saturated heterocycles. The molecule has 0 radical (unpaired) electrons. The summed E-state index contributed by atoms with van der Waals surface area (Å²) < 4.78 is 12.5. The number of hydrogen-bond acceptors (Lipinski definition) is 5. The molecule has 20 heavy (non-hydrogen) atoms. The van der Waals surface area contributed by atoms with E-state index in [2.05, 4.69) is 17.0 Å². The molecule has 0 amide bonds. The van der Waals surface area contributed by atoms with Crippen LogP contribution in [-0.4, -0.2) is 28.8 Å². The summed E-state index contributed by atoms with van der Waals surface area (Å²) in [6.07, 6.45) is 2.84. The maximum Gasteiger partial charge on any atom is 0.212 e. The van der Waals surface area contributed by atoms with Crippen LogP contribution in [0.3, 0.4) is 0 Å². The number of hydrogen-bond donors (Lipinski definition) is 0. The Morgan fingerprint density at radius 3 is 2.75 bits per heavy atom. The second-order valence-corrected chi connectivity index (χ2v) is 5.31. The van der Waals surface area contributed by atoms with E-state index >= 15 is 0 Å². The molecule has 0 bridgehead atoms. The highest BCUT2D eigenvalue weighted by Gasteiger charge is 2.13. The summed E-state index contributed by atoms with van der Waals surface area (Å²) >= 11 is 1.60. The highest BCUT2D eigenvalue weighted by Crippen LogP contribution is 2.33. The second kappa shape index (κ2) is 5.13. The Kier molecular flexibility index (Phi) is 3.31. The second-order valence-electron chi connectivity index (χ2n) is 4.27. The average molecular weight is 289 g/mol. The number of nitrogens with zero attached hydrogens (tertiary/aromatic N) is 3. The number of fused-ring (bicyclic) bond motifs is 1. The molecule has 0 aliphatic heterocycles. The van der Waals surface area contributed by atoms with Gasteiger partial charge in [0.1, 0.15) is 16.5 Å². The molecule has 3 aromatic rings. The molecule has 2 heterocycles. The smallest absolute Gasteiger partial charge is 0.212 e. The van der Waals surface area contributed by atoms with Crippen LogP contribution in [0.2, 0.25) is 0 Å². The van der Waals surface area contributed by atoms with Crippen LogP contribution in [0.15, 0.2) is 24.4 Å². The predicted molar refractivity (Wildman–Crippen MR) is 78.8 cm³/mol. The molecule has 104 valence electrons. The number of methoxy groups -OCH3 is 2. The number of imidazole rings is 1. The van der Waals surface area contributed by atoms with Gasteiger partial charge in [0.25, 0.3) is 0 Å². The molecule has 0 N–H and O–H groups in total. The molecule has 0 saturated carbocycles. The number of benzene rings is 1. The van der Waals surface area contributed by atoms with Crippen molar-refractivity contribution in [3.63, 3.8) is 0 Å². The molecule has 0 aliphatic rings. The average Bonchev–Trinajstić information content (AvgIpc) is 3.04. The van der Waals surface area contributed by atoms with Gasteiger partial charge in [-0.15, -0.1) is 0 Å². The lowest BCUT2D eigenvalue weighted by atomic mass is 10.1. The summed E-state index contributed by atoms with van der Waals surface area (Å²) in [7, 11) is 3.30. The molecule has 0 fully saturated rings. The van der Waals surface area contributed by atoms with Gasteiger partial charge in [-0.3, -0.25) is 0 Å². The summed E-state index contributed by atoms with van der Waals surface area (Å²) in [6, 6.07) is 5.67. The highest BCUT2D eigenvalue weighted by molar-refractivity contribution is 7.16. The molecule has 0 atom stereocenters. The van der Waals surface area contributed by atoms with Crippen molar-refractivity contribution < 1.29 is 9.47 Å². The van der Waals surface area contributed by atoms with Crippen LogP contribution in [0.5, 0.6) is 11.5 Å². The monoisotopic (exact) mass is 289 g/mol. The quantitative estimate of drug-likeness (QED) is 0.740. The van der Waals surface area contributed by atoms with Crippen molar-refractivity contribution in [3.8, 4) is 22.8 Å². The Hall–Kier alpha value is -2.08. The van der Waals surface area contributed by atoms with Crippen molar-refractivity contribution in [1.29, 1.82) is 0 Å². The Bertz CT molecular complexity index is 717. The molecule has 2 aromatic heterocycles. The van der Waals surface area contributed by atoms with Gasteiger partial charge in [0.05, 0.1) is 26.1 Å². The number of aromatic nitrogens is 3. The van der Waals surface area contributed by atoms with E-state index in [0.29, 0.717) is 0 Å². The first-order valence-electron chi connectivity index (χ1n) is 6.32. The third-order valence-corrected chi connectivity index (χ3v) is 4.14. The molecule has 3 rings (SSSR count). The number of ether oxygens (including phenoxy) is 2. The van der Waals surface area contributed by atoms with Gasteiger partial charge in [-0.2, -0.15) is 5.10 Å². The number of aryl methyl sites for hydroxylation is 1. The lowest BCUT2D eigenvalue weighted by Crippen LogP contribution is -1.90. The zero-order valence-corrected chi connectivity index (χ0v) is 12.4. The van der Waals surface area contributed by atoms with E-state index in [-0.39, 0.29) is 0 Å². The minimum atomic E-state index is 0.771. The molecule has 0 spiro atoms. The van der Waals surface area contributed by atoms with Gasteiger partial charge in [-0.25, -0.2) is 9.50 Å². The van der Waals surface area contributed by atoms with Gasteiger partial charge < -0.3 is 9.47 Å². The molecule has 6 heteroatoms. The van der Waals surface area contributed by atoms with Crippen molar-refractivity contribution >= 4 is 16.3 Å². The van der Waals surface area contributed by atoms with Crippen molar-refractivity contribution in [3.05, 3.63) is 29.4 Å². The Morgan fingerprint density at radius 1 is 1.25 bits per heavy atom. The fourth-order valence-electron chi connectivity index (χ4n) is 2.03. The van der Waals surface area contributed by atoms with Crippen molar-refractivity contribution in [2.75, 3.05) is 14.2 Å². The lowest BCUT2D eigenvalue weighted by molar-refractivity contribution is 0.404. The first-order chi connectivity index (χ1) is 9.75. The van der Waals surface area contributed by atoms with Crippen LogP contribution in [-0.2, 0) is 6.42 Å². The van der Waals surface area contributed by atoms with Crippen LogP contribution in [0, 0.1) is 0 Å². The highest BCUT2D eigenvalue weighted by atomic mass is 32.1. The summed E-state index contributed by atoms with van der Waals surface area (Å²) in [5.41, 5.74) is 1.74. The molecule has 1 aromatic carbocycles. The van der Waals surface area contributed by atoms with E-state index in [0.717, 1.165) is 39.1 Å². The van der Waals surface area contributed by atoms with Gasteiger partial charge in [-0.1, -0.05) is 18.3 Å². The summed E-state index contributed by atoms with van der Waals surface area (Å²) in [4.78, 5) is 5.51. The summed E-state index contributed by atoms with van der Waals surface area (Å²) in [5, 5.41) is 5.56. The van der Waals surface area contributed by atoms with E-state index in [1.807, 2.05) is 28.9 Å². The van der Waals surface area contributed by atoms with E-state index in [1.54, 1.807) is 25.6 Å². The van der Waals surface area contributed by atoms with Gasteiger partial charge in [-0.05, 0) is 24.6 Å². The predicted octanol–water partition coefficient (Wildman–Crippen LogP) is 3.04. The van der Waals surface area contributed by atoms with Gasteiger partial charge in [0, 0.05) is 5.56 Å². The fraction of sp³-hybridized carbons (Fsp3) is 0.286. The third kappa shape index (κ3) is 2.12. The van der Waals surface area contributed by atoms with E-state index in [4.69, 9.17) is 9.47 Å². The first-order valence-corrected chi connectivity index (χ1v) is 7.14. The zero-order chi connectivity index (χ0) is 14.1. The Labute approximate surface area is 120 Å². The van der Waals surface area contributed by atoms with Crippen LogP contribution in [0.1, 0.15) is 11.9 Å². The Morgan fingerprint density at radius 2 is 2.10 bits per heavy atom. The molecule has 0 unspecified atom stereocenters. The largest absolute Gasteiger partial charge is 0.497 e. The van der Waals surface area contributed by atoms with E-state index in [9.17, 15) is 0 Å². The molecule has 0 aliphatic carbocycles. The van der Waals surface area contributed by atoms with Crippen molar-refractivity contribution in [1.82, 2.24) is 14.6 Å². The maximum atomic E-state index is 5.39. The van der Waals surface area contributed by atoms with Crippen LogP contribution < -0.4 is 9.47 Å². The van der Waals surface area contributed by atoms with E-state index in [1.165, 1.54) is 0 Å². The van der Waals surface area contributed by atoms with Crippen LogP contribution >= 0.6 is 11.3 Å². The van der Waals surface area contributed by atoms with Crippen LogP contribution in [0.25, 0.3) is 16.2 Å². The molecular weight excluding hydrogens is 274 g/mol. The topological polar surface area (TPSA) is 48.7 Å². The maximum absolute atomic E-state index is 5.39. The number of rotatable bonds is 4. The van der Waals surface area contributed by atoms with E-state index < -0.39 is 0 Å². The van der Waals surface area contributed by atoms with Gasteiger partial charge in [0.2, 0.25) is 4.96 Å². The molecule has 5 nitrogen and oxygen atoms in total.